The zero-order valence-electron chi connectivity index (χ0n) is 11.0. The molecular formula is C16H15BrN2O. The number of carbonyl (C=O) groups is 1. The largest absolute Gasteiger partial charge is 0.332 e. The summed E-state index contributed by atoms with van der Waals surface area (Å²) >= 11 is 3.49. The van der Waals surface area contributed by atoms with Gasteiger partial charge in [-0.15, -0.1) is 0 Å². The smallest absolute Gasteiger partial charge is 0.254 e. The first kappa shape index (κ1) is 13.3. The quantitative estimate of drug-likeness (QED) is 0.784. The number of hydrogen-bond acceptors (Lipinski definition) is 2. The Morgan fingerprint density at radius 2 is 2.00 bits per heavy atom. The first-order valence-electron chi connectivity index (χ1n) is 6.74. The lowest BCUT2D eigenvalue weighted by molar-refractivity contribution is 0.0735. The van der Waals surface area contributed by atoms with Crippen LogP contribution >= 0.6 is 15.9 Å². The molecule has 1 amide bonds. The molecule has 102 valence electrons. The summed E-state index contributed by atoms with van der Waals surface area (Å²) in [5, 5.41) is 0. The monoisotopic (exact) mass is 330 g/mol. The van der Waals surface area contributed by atoms with Crippen molar-refractivity contribution in [3.63, 3.8) is 0 Å². The highest BCUT2D eigenvalue weighted by Crippen LogP contribution is 2.35. The van der Waals surface area contributed by atoms with Crippen molar-refractivity contribution in [2.24, 2.45) is 0 Å². The standard InChI is InChI=1S/C16H15BrN2O/c17-15-13(8-4-10-18-15)14-9-5-11-19(14)16(20)12-6-2-1-3-7-12/h1-4,6-8,10,14H,5,9,11H2/t14-/m1/s1. The van der Waals surface area contributed by atoms with Crippen LogP contribution in [0.2, 0.25) is 0 Å². The Morgan fingerprint density at radius 3 is 2.75 bits per heavy atom. The second-order valence-corrected chi connectivity index (χ2v) is 5.66. The summed E-state index contributed by atoms with van der Waals surface area (Å²) in [6.07, 6.45) is 3.78. The Labute approximate surface area is 126 Å². The number of halogens is 1. The molecule has 0 radical (unpaired) electrons. The van der Waals surface area contributed by atoms with Gasteiger partial charge in [-0.3, -0.25) is 4.79 Å². The molecule has 1 aliphatic rings. The van der Waals surface area contributed by atoms with Crippen molar-refractivity contribution < 1.29 is 4.79 Å². The molecule has 0 saturated carbocycles. The first-order valence-corrected chi connectivity index (χ1v) is 7.53. The Balaban J connectivity index is 1.90. The van der Waals surface area contributed by atoms with Gasteiger partial charge in [-0.25, -0.2) is 4.98 Å². The second-order valence-electron chi connectivity index (χ2n) is 4.91. The van der Waals surface area contributed by atoms with Crippen molar-refractivity contribution in [1.29, 1.82) is 0 Å². The topological polar surface area (TPSA) is 33.2 Å². The van der Waals surface area contributed by atoms with E-state index >= 15 is 0 Å². The molecule has 0 N–H and O–H groups in total. The van der Waals surface area contributed by atoms with Gasteiger partial charge in [-0.1, -0.05) is 24.3 Å². The Kier molecular flexibility index (Phi) is 3.83. The van der Waals surface area contributed by atoms with Gasteiger partial charge in [-0.05, 0) is 47.0 Å². The minimum Gasteiger partial charge on any atom is -0.332 e. The van der Waals surface area contributed by atoms with Gasteiger partial charge >= 0.3 is 0 Å². The van der Waals surface area contributed by atoms with Crippen LogP contribution in [0.5, 0.6) is 0 Å². The third-order valence-electron chi connectivity index (χ3n) is 3.68. The van der Waals surface area contributed by atoms with Crippen molar-refractivity contribution in [2.75, 3.05) is 6.54 Å². The van der Waals surface area contributed by atoms with Crippen molar-refractivity contribution in [1.82, 2.24) is 9.88 Å². The van der Waals surface area contributed by atoms with E-state index in [1.807, 2.05) is 47.4 Å². The summed E-state index contributed by atoms with van der Waals surface area (Å²) in [6.45, 7) is 0.805. The molecule has 3 rings (SSSR count). The number of likely N-dealkylation sites (tertiary alicyclic amines) is 1. The number of pyridine rings is 1. The van der Waals surface area contributed by atoms with Gasteiger partial charge in [0.05, 0.1) is 6.04 Å². The highest BCUT2D eigenvalue weighted by atomic mass is 79.9. The number of hydrogen-bond donors (Lipinski definition) is 0. The molecule has 20 heavy (non-hydrogen) atoms. The number of benzene rings is 1. The Hall–Kier alpha value is -1.68. The molecule has 0 unspecified atom stereocenters. The van der Waals surface area contributed by atoms with Gasteiger partial charge in [0.25, 0.3) is 5.91 Å². The average molecular weight is 331 g/mol. The van der Waals surface area contributed by atoms with Gasteiger partial charge in [0.2, 0.25) is 0 Å². The van der Waals surface area contributed by atoms with E-state index in [1.165, 1.54) is 0 Å². The molecule has 4 heteroatoms. The van der Waals surface area contributed by atoms with E-state index in [0.29, 0.717) is 0 Å². The van der Waals surface area contributed by atoms with Crippen molar-refractivity contribution in [3.05, 3.63) is 64.4 Å². The minimum atomic E-state index is 0.101. The van der Waals surface area contributed by atoms with Crippen LogP contribution in [0, 0.1) is 0 Å². The summed E-state index contributed by atoms with van der Waals surface area (Å²) in [5.41, 5.74) is 1.84. The number of aromatic nitrogens is 1. The fraction of sp³-hybridized carbons (Fsp3) is 0.250. The maximum Gasteiger partial charge on any atom is 0.254 e. The van der Waals surface area contributed by atoms with Crippen LogP contribution in [0.15, 0.2) is 53.3 Å². The van der Waals surface area contributed by atoms with Gasteiger partial charge in [-0.2, -0.15) is 0 Å². The summed E-state index contributed by atoms with van der Waals surface area (Å²) in [5.74, 6) is 0.101. The predicted molar refractivity (Wildman–Crippen MR) is 81.4 cm³/mol. The highest BCUT2D eigenvalue weighted by molar-refractivity contribution is 9.10. The minimum absolute atomic E-state index is 0.101. The van der Waals surface area contributed by atoms with E-state index in [1.54, 1.807) is 6.20 Å². The number of amides is 1. The first-order chi connectivity index (χ1) is 9.77. The van der Waals surface area contributed by atoms with Crippen molar-refractivity contribution >= 4 is 21.8 Å². The van der Waals surface area contributed by atoms with Gasteiger partial charge in [0.1, 0.15) is 4.60 Å². The lowest BCUT2D eigenvalue weighted by Gasteiger charge is -2.25. The van der Waals surface area contributed by atoms with Crippen LogP contribution in [0.3, 0.4) is 0 Å². The molecule has 2 heterocycles. The molecule has 1 fully saturated rings. The fourth-order valence-electron chi connectivity index (χ4n) is 2.73. The third kappa shape index (κ3) is 2.48. The molecule has 1 saturated heterocycles. The van der Waals surface area contributed by atoms with Crippen LogP contribution in [0.25, 0.3) is 0 Å². The van der Waals surface area contributed by atoms with E-state index in [2.05, 4.69) is 20.9 Å². The number of rotatable bonds is 2. The zero-order chi connectivity index (χ0) is 13.9. The van der Waals surface area contributed by atoms with Gasteiger partial charge in [0, 0.05) is 23.9 Å². The Bertz CT molecular complexity index is 615. The summed E-state index contributed by atoms with van der Waals surface area (Å²) < 4.78 is 0.831. The van der Waals surface area contributed by atoms with E-state index in [0.717, 1.165) is 35.1 Å². The molecule has 1 aromatic carbocycles. The maximum atomic E-state index is 12.6. The molecule has 1 aromatic heterocycles. The third-order valence-corrected chi connectivity index (χ3v) is 4.34. The van der Waals surface area contributed by atoms with E-state index in [4.69, 9.17) is 0 Å². The molecule has 1 aliphatic heterocycles. The average Bonchev–Trinajstić information content (AvgIpc) is 2.97. The molecule has 2 aromatic rings. The second kappa shape index (κ2) is 5.75. The zero-order valence-corrected chi connectivity index (χ0v) is 12.6. The molecule has 3 nitrogen and oxygen atoms in total. The van der Waals surface area contributed by atoms with Gasteiger partial charge < -0.3 is 4.90 Å². The SMILES string of the molecule is O=C(c1ccccc1)N1CCC[C@@H]1c1cccnc1Br. The van der Waals surface area contributed by atoms with E-state index < -0.39 is 0 Å². The predicted octanol–water partition coefficient (Wildman–Crippen LogP) is 3.82. The molecule has 1 atom stereocenters. The number of carbonyl (C=O) groups excluding carboxylic acids is 1. The lowest BCUT2D eigenvalue weighted by Crippen LogP contribution is -2.30. The normalized spacial score (nSPS) is 18.2. The van der Waals surface area contributed by atoms with Crippen LogP contribution in [-0.4, -0.2) is 22.3 Å². The Morgan fingerprint density at radius 1 is 1.20 bits per heavy atom. The maximum absolute atomic E-state index is 12.6. The number of nitrogens with zero attached hydrogens (tertiary/aromatic N) is 2. The molecule has 0 bridgehead atoms. The van der Waals surface area contributed by atoms with Crippen molar-refractivity contribution in [3.8, 4) is 0 Å². The lowest BCUT2D eigenvalue weighted by atomic mass is 10.1. The fourth-order valence-corrected chi connectivity index (χ4v) is 3.24. The molecular weight excluding hydrogens is 316 g/mol. The van der Waals surface area contributed by atoms with Crippen LogP contribution < -0.4 is 0 Å². The summed E-state index contributed by atoms with van der Waals surface area (Å²) in [6, 6.07) is 13.5. The van der Waals surface area contributed by atoms with E-state index in [9.17, 15) is 4.79 Å². The molecule has 0 aliphatic carbocycles. The van der Waals surface area contributed by atoms with E-state index in [-0.39, 0.29) is 11.9 Å². The van der Waals surface area contributed by atoms with Crippen LogP contribution in [0.1, 0.15) is 34.8 Å². The summed E-state index contributed by atoms with van der Waals surface area (Å²) in [4.78, 5) is 18.9. The molecule has 0 spiro atoms. The van der Waals surface area contributed by atoms with Gasteiger partial charge in [0.15, 0.2) is 0 Å². The van der Waals surface area contributed by atoms with Crippen LogP contribution in [-0.2, 0) is 0 Å². The van der Waals surface area contributed by atoms with Crippen LogP contribution in [0.4, 0.5) is 0 Å². The highest BCUT2D eigenvalue weighted by Gasteiger charge is 2.31. The summed E-state index contributed by atoms with van der Waals surface area (Å²) in [7, 11) is 0. The van der Waals surface area contributed by atoms with Crippen molar-refractivity contribution in [2.45, 2.75) is 18.9 Å².